The molecule has 1 aromatic rings. The third-order valence-corrected chi connectivity index (χ3v) is 3.56. The van der Waals surface area contributed by atoms with Crippen molar-refractivity contribution in [2.75, 3.05) is 0 Å². The molecule has 0 bridgehead atoms. The number of rotatable bonds is 3. The highest BCUT2D eigenvalue weighted by Gasteiger charge is 2.20. The van der Waals surface area contributed by atoms with Crippen molar-refractivity contribution in [2.45, 2.75) is 39.0 Å². The maximum absolute atomic E-state index is 10.9. The third-order valence-electron chi connectivity index (χ3n) is 3.56. The number of phenols is 1. The van der Waals surface area contributed by atoms with E-state index in [-0.39, 0.29) is 5.75 Å². The van der Waals surface area contributed by atoms with Crippen LogP contribution in [0.5, 0.6) is 5.75 Å². The maximum atomic E-state index is 10.9. The molecule has 0 heterocycles. The zero-order valence-electron chi connectivity index (χ0n) is 10.1. The summed E-state index contributed by atoms with van der Waals surface area (Å²) < 4.78 is 0. The molecule has 1 aromatic carbocycles. The minimum absolute atomic E-state index is 0.249. The van der Waals surface area contributed by atoms with Crippen LogP contribution < -0.4 is 0 Å². The van der Waals surface area contributed by atoms with Gasteiger partial charge in [-0.25, -0.2) is 0 Å². The van der Waals surface area contributed by atoms with Gasteiger partial charge < -0.3 is 10.2 Å². The van der Waals surface area contributed by atoms with Crippen molar-refractivity contribution in [3.63, 3.8) is 0 Å². The smallest absolute Gasteiger partial charge is 0.306 e. The summed E-state index contributed by atoms with van der Waals surface area (Å²) in [6, 6.07) is 3.67. The van der Waals surface area contributed by atoms with E-state index in [0.29, 0.717) is 6.42 Å². The van der Waals surface area contributed by atoms with Crippen molar-refractivity contribution >= 4 is 5.97 Å². The zero-order valence-corrected chi connectivity index (χ0v) is 10.1. The summed E-state index contributed by atoms with van der Waals surface area (Å²) in [6.45, 7) is 1.68. The fraction of sp³-hybridized carbons (Fsp3) is 0.500. The highest BCUT2D eigenvalue weighted by Crippen LogP contribution is 2.32. The molecule has 0 radical (unpaired) electrons. The summed E-state index contributed by atoms with van der Waals surface area (Å²) in [7, 11) is 0. The second-order valence-electron chi connectivity index (χ2n) is 4.85. The third kappa shape index (κ3) is 2.43. The van der Waals surface area contributed by atoms with Gasteiger partial charge in [-0.3, -0.25) is 4.79 Å². The molecule has 1 unspecified atom stereocenters. The summed E-state index contributed by atoms with van der Waals surface area (Å²) in [5, 5.41) is 18.9. The molecule has 17 heavy (non-hydrogen) atoms. The van der Waals surface area contributed by atoms with Crippen molar-refractivity contribution < 1.29 is 15.0 Å². The van der Waals surface area contributed by atoms with Gasteiger partial charge in [0.05, 0.1) is 5.92 Å². The molecule has 0 saturated heterocycles. The Hall–Kier alpha value is -1.51. The van der Waals surface area contributed by atoms with Gasteiger partial charge in [0.15, 0.2) is 0 Å². The van der Waals surface area contributed by atoms with Crippen LogP contribution in [0.4, 0.5) is 0 Å². The summed E-state index contributed by atoms with van der Waals surface area (Å²) in [5.74, 6) is -1.01. The average molecular weight is 234 g/mol. The fourth-order valence-electron chi connectivity index (χ4n) is 2.51. The van der Waals surface area contributed by atoms with Gasteiger partial charge in [-0.1, -0.05) is 13.0 Å². The molecule has 3 nitrogen and oxygen atoms in total. The fourth-order valence-corrected chi connectivity index (χ4v) is 2.51. The van der Waals surface area contributed by atoms with Gasteiger partial charge in [-0.15, -0.1) is 0 Å². The van der Waals surface area contributed by atoms with Gasteiger partial charge in [0.2, 0.25) is 0 Å². The van der Waals surface area contributed by atoms with E-state index in [1.807, 2.05) is 6.07 Å². The largest absolute Gasteiger partial charge is 0.508 e. The number of aromatic hydroxyl groups is 1. The highest BCUT2D eigenvalue weighted by molar-refractivity contribution is 5.70. The van der Waals surface area contributed by atoms with Gasteiger partial charge in [-0.2, -0.15) is 0 Å². The van der Waals surface area contributed by atoms with E-state index in [2.05, 4.69) is 0 Å². The second kappa shape index (κ2) is 4.78. The summed E-state index contributed by atoms with van der Waals surface area (Å²) in [6.07, 6.45) is 4.75. The predicted octanol–water partition coefficient (Wildman–Crippen LogP) is 2.53. The van der Waals surface area contributed by atoms with Gasteiger partial charge in [0.25, 0.3) is 0 Å². The number of carbonyl (C=O) groups is 1. The number of benzene rings is 1. The van der Waals surface area contributed by atoms with Crippen LogP contribution in [0.25, 0.3) is 0 Å². The van der Waals surface area contributed by atoms with Crippen LogP contribution in [-0.2, 0) is 24.1 Å². The van der Waals surface area contributed by atoms with Crippen LogP contribution in [0.2, 0.25) is 0 Å². The lowest BCUT2D eigenvalue weighted by molar-refractivity contribution is -0.141. The van der Waals surface area contributed by atoms with Crippen molar-refractivity contribution in [3.05, 3.63) is 28.8 Å². The topological polar surface area (TPSA) is 57.5 Å². The summed E-state index contributed by atoms with van der Waals surface area (Å²) in [5.41, 5.74) is 3.31. The van der Waals surface area contributed by atoms with Gasteiger partial charge in [0, 0.05) is 0 Å². The van der Waals surface area contributed by atoms with Crippen LogP contribution in [0.1, 0.15) is 36.5 Å². The van der Waals surface area contributed by atoms with Crippen LogP contribution in [0.3, 0.4) is 0 Å². The van der Waals surface area contributed by atoms with Gasteiger partial charge in [-0.05, 0) is 54.9 Å². The van der Waals surface area contributed by atoms with Gasteiger partial charge in [0.1, 0.15) is 5.75 Å². The summed E-state index contributed by atoms with van der Waals surface area (Å²) >= 11 is 0. The number of hydrogen-bond donors (Lipinski definition) is 2. The number of aryl methyl sites for hydroxylation is 1. The lowest BCUT2D eigenvalue weighted by Crippen LogP contribution is -2.15. The molecule has 1 aliphatic rings. The lowest BCUT2D eigenvalue weighted by Gasteiger charge is -2.21. The average Bonchev–Trinajstić information content (AvgIpc) is 2.32. The maximum Gasteiger partial charge on any atom is 0.306 e. The van der Waals surface area contributed by atoms with Crippen LogP contribution >= 0.6 is 0 Å². The zero-order chi connectivity index (χ0) is 12.4. The molecule has 0 spiro atoms. The molecule has 3 heteroatoms. The Morgan fingerprint density at radius 3 is 2.76 bits per heavy atom. The number of carboxylic acid groups (broad SMARTS) is 1. The van der Waals surface area contributed by atoms with E-state index >= 15 is 0 Å². The van der Waals surface area contributed by atoms with E-state index < -0.39 is 11.9 Å². The van der Waals surface area contributed by atoms with Gasteiger partial charge >= 0.3 is 5.97 Å². The molecular formula is C14H18O3. The highest BCUT2D eigenvalue weighted by atomic mass is 16.4. The number of phenolic OH excluding ortho intramolecular Hbond substituents is 1. The van der Waals surface area contributed by atoms with Crippen LogP contribution in [0, 0.1) is 5.92 Å². The molecule has 92 valence electrons. The predicted molar refractivity (Wildman–Crippen MR) is 65.3 cm³/mol. The molecule has 0 aliphatic heterocycles. The molecule has 1 aliphatic carbocycles. The van der Waals surface area contributed by atoms with Crippen LogP contribution in [0.15, 0.2) is 12.1 Å². The Labute approximate surface area is 101 Å². The SMILES string of the molecule is CC(Cc1c(O)ccc2c1CCCC2)C(=O)O. The Morgan fingerprint density at radius 2 is 2.06 bits per heavy atom. The Bertz CT molecular complexity index is 437. The number of aliphatic carboxylic acids is 1. The first-order chi connectivity index (χ1) is 8.09. The minimum Gasteiger partial charge on any atom is -0.508 e. The van der Waals surface area contributed by atoms with Crippen molar-refractivity contribution in [1.82, 2.24) is 0 Å². The molecule has 1 atom stereocenters. The molecular weight excluding hydrogens is 216 g/mol. The second-order valence-corrected chi connectivity index (χ2v) is 4.85. The Morgan fingerprint density at radius 1 is 1.35 bits per heavy atom. The van der Waals surface area contributed by atoms with E-state index in [9.17, 15) is 9.90 Å². The minimum atomic E-state index is -0.808. The monoisotopic (exact) mass is 234 g/mol. The van der Waals surface area contributed by atoms with Crippen molar-refractivity contribution in [1.29, 1.82) is 0 Å². The van der Waals surface area contributed by atoms with Crippen LogP contribution in [-0.4, -0.2) is 16.2 Å². The first-order valence-electron chi connectivity index (χ1n) is 6.15. The van der Waals surface area contributed by atoms with E-state index in [1.54, 1.807) is 13.0 Å². The first kappa shape index (κ1) is 12.0. The first-order valence-corrected chi connectivity index (χ1v) is 6.15. The lowest BCUT2D eigenvalue weighted by atomic mass is 9.85. The molecule has 2 rings (SSSR count). The standard InChI is InChI=1S/C14H18O3/c1-9(14(16)17)8-12-11-5-3-2-4-10(11)6-7-13(12)15/h6-7,9,15H,2-5,8H2,1H3,(H,16,17). The molecule has 0 saturated carbocycles. The van der Waals surface area contributed by atoms with E-state index in [0.717, 1.165) is 24.8 Å². The van der Waals surface area contributed by atoms with E-state index in [4.69, 9.17) is 5.11 Å². The molecule has 0 fully saturated rings. The van der Waals surface area contributed by atoms with Crippen molar-refractivity contribution in [3.8, 4) is 5.75 Å². The Balaban J connectivity index is 2.34. The molecule has 0 aromatic heterocycles. The summed E-state index contributed by atoms with van der Waals surface area (Å²) in [4.78, 5) is 10.9. The molecule has 2 N–H and O–H groups in total. The normalized spacial score (nSPS) is 16.3. The number of carboxylic acids is 1. The van der Waals surface area contributed by atoms with E-state index in [1.165, 1.54) is 17.5 Å². The number of hydrogen-bond acceptors (Lipinski definition) is 2. The Kier molecular flexibility index (Phi) is 3.36. The number of fused-ring (bicyclic) bond motifs is 1. The quantitative estimate of drug-likeness (QED) is 0.845. The van der Waals surface area contributed by atoms with Crippen molar-refractivity contribution in [2.24, 2.45) is 5.92 Å². The molecule has 0 amide bonds.